The van der Waals surface area contributed by atoms with Gasteiger partial charge in [-0.25, -0.2) is 0 Å². The molecule has 1 N–H and O–H groups in total. The molecule has 0 radical (unpaired) electrons. The van der Waals surface area contributed by atoms with Crippen LogP contribution in [-0.2, 0) is 9.59 Å². The van der Waals surface area contributed by atoms with Crippen LogP contribution >= 0.6 is 0 Å². The topological polar surface area (TPSA) is 60.9 Å². The van der Waals surface area contributed by atoms with E-state index >= 15 is 0 Å². The van der Waals surface area contributed by atoms with Crippen molar-refractivity contribution >= 4 is 11.9 Å². The molecular weight excluding hydrogens is 208 g/mol. The standard InChI is InChI=1S/C11H20N2O3/c1-9-3-5-13(6-4-9)10(14)7-12(2)8-11(15)16/h9H,3-8H2,1-2H3,(H,15,16). The minimum atomic E-state index is -0.900. The zero-order chi connectivity index (χ0) is 12.1. The van der Waals surface area contributed by atoms with Crippen LogP contribution in [0.4, 0.5) is 0 Å². The number of hydrogen-bond acceptors (Lipinski definition) is 3. The number of hydrogen-bond donors (Lipinski definition) is 1. The summed E-state index contributed by atoms with van der Waals surface area (Å²) in [5.41, 5.74) is 0. The molecule has 0 aromatic rings. The Morgan fingerprint density at radius 1 is 1.31 bits per heavy atom. The zero-order valence-electron chi connectivity index (χ0n) is 9.98. The van der Waals surface area contributed by atoms with Gasteiger partial charge in [0.1, 0.15) is 0 Å². The number of piperidine rings is 1. The van der Waals surface area contributed by atoms with Crippen molar-refractivity contribution < 1.29 is 14.7 Å². The smallest absolute Gasteiger partial charge is 0.317 e. The number of carbonyl (C=O) groups excluding carboxylic acids is 1. The van der Waals surface area contributed by atoms with E-state index in [1.165, 1.54) is 4.90 Å². The van der Waals surface area contributed by atoms with Crippen molar-refractivity contribution in [2.24, 2.45) is 5.92 Å². The second kappa shape index (κ2) is 5.84. The SMILES string of the molecule is CC1CCN(C(=O)CN(C)CC(=O)O)CC1. The fourth-order valence-electron chi connectivity index (χ4n) is 1.88. The third-order valence-electron chi connectivity index (χ3n) is 2.95. The molecule has 0 atom stereocenters. The lowest BCUT2D eigenvalue weighted by Gasteiger charge is -2.31. The van der Waals surface area contributed by atoms with E-state index in [9.17, 15) is 9.59 Å². The molecule has 0 spiro atoms. The average molecular weight is 228 g/mol. The molecule has 92 valence electrons. The molecule has 0 aliphatic carbocycles. The summed E-state index contributed by atoms with van der Waals surface area (Å²) >= 11 is 0. The predicted octanol–water partition coefficient (Wildman–Crippen LogP) is 0.261. The third kappa shape index (κ3) is 4.18. The molecule has 0 bridgehead atoms. The Hall–Kier alpha value is -1.10. The number of carboxylic acids is 1. The van der Waals surface area contributed by atoms with Crippen molar-refractivity contribution in [1.29, 1.82) is 0 Å². The van der Waals surface area contributed by atoms with Crippen LogP contribution in [0.3, 0.4) is 0 Å². The highest BCUT2D eigenvalue weighted by Crippen LogP contribution is 2.15. The summed E-state index contributed by atoms with van der Waals surface area (Å²) in [5, 5.41) is 8.58. The number of amides is 1. The van der Waals surface area contributed by atoms with E-state index in [0.29, 0.717) is 5.92 Å². The van der Waals surface area contributed by atoms with Gasteiger partial charge in [0.2, 0.25) is 5.91 Å². The monoisotopic (exact) mass is 228 g/mol. The molecule has 5 heteroatoms. The summed E-state index contributed by atoms with van der Waals surface area (Å²) < 4.78 is 0. The van der Waals surface area contributed by atoms with Gasteiger partial charge in [0.25, 0.3) is 0 Å². The molecule has 1 aliphatic heterocycles. The van der Waals surface area contributed by atoms with Crippen LogP contribution in [0.1, 0.15) is 19.8 Å². The first-order chi connectivity index (χ1) is 7.49. The van der Waals surface area contributed by atoms with E-state index in [0.717, 1.165) is 25.9 Å². The summed E-state index contributed by atoms with van der Waals surface area (Å²) in [5.74, 6) is -0.168. The highest BCUT2D eigenvalue weighted by atomic mass is 16.4. The number of aliphatic carboxylic acids is 1. The lowest BCUT2D eigenvalue weighted by atomic mass is 9.99. The Balaban J connectivity index is 2.32. The molecule has 5 nitrogen and oxygen atoms in total. The zero-order valence-corrected chi connectivity index (χ0v) is 9.98. The average Bonchev–Trinajstić information content (AvgIpc) is 2.16. The van der Waals surface area contributed by atoms with Crippen LogP contribution in [-0.4, -0.2) is 60.0 Å². The van der Waals surface area contributed by atoms with E-state index in [1.807, 2.05) is 4.90 Å². The molecular formula is C11H20N2O3. The van der Waals surface area contributed by atoms with Crippen molar-refractivity contribution in [3.05, 3.63) is 0 Å². The van der Waals surface area contributed by atoms with Crippen molar-refractivity contribution in [3.8, 4) is 0 Å². The Kier molecular flexibility index (Phi) is 4.73. The third-order valence-corrected chi connectivity index (χ3v) is 2.95. The summed E-state index contributed by atoms with van der Waals surface area (Å²) in [6.45, 7) is 3.91. The van der Waals surface area contributed by atoms with Gasteiger partial charge in [-0.3, -0.25) is 14.5 Å². The lowest BCUT2D eigenvalue weighted by molar-refractivity contribution is -0.139. The minimum absolute atomic E-state index is 0.0376. The minimum Gasteiger partial charge on any atom is -0.480 e. The van der Waals surface area contributed by atoms with E-state index in [2.05, 4.69) is 6.92 Å². The Labute approximate surface area is 96.0 Å². The summed E-state index contributed by atoms with van der Waals surface area (Å²) in [6.07, 6.45) is 2.10. The Bertz CT molecular complexity index is 260. The van der Waals surface area contributed by atoms with Crippen LogP contribution in [0, 0.1) is 5.92 Å². The number of nitrogens with zero attached hydrogens (tertiary/aromatic N) is 2. The van der Waals surface area contributed by atoms with Crippen LogP contribution < -0.4 is 0 Å². The molecule has 1 fully saturated rings. The first kappa shape index (κ1) is 13.0. The highest BCUT2D eigenvalue weighted by molar-refractivity contribution is 5.79. The predicted molar refractivity (Wildman–Crippen MR) is 60.1 cm³/mol. The van der Waals surface area contributed by atoms with Crippen molar-refractivity contribution in [2.75, 3.05) is 33.2 Å². The molecule has 1 aliphatic rings. The van der Waals surface area contributed by atoms with Gasteiger partial charge in [-0.2, -0.15) is 0 Å². The van der Waals surface area contributed by atoms with Crippen LogP contribution in [0.25, 0.3) is 0 Å². The van der Waals surface area contributed by atoms with Gasteiger partial charge in [-0.15, -0.1) is 0 Å². The maximum Gasteiger partial charge on any atom is 0.317 e. The summed E-state index contributed by atoms with van der Waals surface area (Å²) in [4.78, 5) is 25.6. The van der Waals surface area contributed by atoms with E-state index in [4.69, 9.17) is 5.11 Å². The number of rotatable bonds is 4. The molecule has 1 amide bonds. The van der Waals surface area contributed by atoms with Gasteiger partial charge in [-0.1, -0.05) is 6.92 Å². The van der Waals surface area contributed by atoms with Gasteiger partial charge < -0.3 is 10.0 Å². The number of likely N-dealkylation sites (N-methyl/N-ethyl adjacent to an activating group) is 1. The first-order valence-corrected chi connectivity index (χ1v) is 5.67. The van der Waals surface area contributed by atoms with Crippen LogP contribution in [0.15, 0.2) is 0 Å². The van der Waals surface area contributed by atoms with Crippen molar-refractivity contribution in [1.82, 2.24) is 9.80 Å². The molecule has 0 saturated carbocycles. The second-order valence-electron chi connectivity index (χ2n) is 4.63. The van der Waals surface area contributed by atoms with E-state index in [1.54, 1.807) is 7.05 Å². The van der Waals surface area contributed by atoms with Crippen LogP contribution in [0.2, 0.25) is 0 Å². The summed E-state index contributed by atoms with van der Waals surface area (Å²) in [6, 6.07) is 0. The summed E-state index contributed by atoms with van der Waals surface area (Å²) in [7, 11) is 1.65. The van der Waals surface area contributed by atoms with Crippen molar-refractivity contribution in [3.63, 3.8) is 0 Å². The first-order valence-electron chi connectivity index (χ1n) is 5.67. The highest BCUT2D eigenvalue weighted by Gasteiger charge is 2.21. The quantitative estimate of drug-likeness (QED) is 0.750. The molecule has 0 unspecified atom stereocenters. The molecule has 0 aromatic carbocycles. The van der Waals surface area contributed by atoms with Crippen LogP contribution in [0.5, 0.6) is 0 Å². The lowest BCUT2D eigenvalue weighted by Crippen LogP contribution is -2.43. The van der Waals surface area contributed by atoms with Gasteiger partial charge >= 0.3 is 5.97 Å². The molecule has 1 heterocycles. The normalized spacial score (nSPS) is 17.8. The van der Waals surface area contributed by atoms with E-state index in [-0.39, 0.29) is 19.0 Å². The number of carboxylic acid groups (broad SMARTS) is 1. The van der Waals surface area contributed by atoms with Gasteiger partial charge in [0.05, 0.1) is 13.1 Å². The van der Waals surface area contributed by atoms with Gasteiger partial charge in [-0.05, 0) is 25.8 Å². The number of carbonyl (C=O) groups is 2. The molecule has 1 saturated heterocycles. The largest absolute Gasteiger partial charge is 0.480 e. The fourth-order valence-corrected chi connectivity index (χ4v) is 1.88. The number of likely N-dealkylation sites (tertiary alicyclic amines) is 1. The molecule has 1 rings (SSSR count). The Morgan fingerprint density at radius 2 is 1.88 bits per heavy atom. The van der Waals surface area contributed by atoms with Crippen molar-refractivity contribution in [2.45, 2.75) is 19.8 Å². The Morgan fingerprint density at radius 3 is 2.38 bits per heavy atom. The fraction of sp³-hybridized carbons (Fsp3) is 0.818. The molecule has 16 heavy (non-hydrogen) atoms. The maximum atomic E-state index is 11.8. The maximum absolute atomic E-state index is 11.8. The molecule has 0 aromatic heterocycles. The second-order valence-corrected chi connectivity index (χ2v) is 4.63. The van der Waals surface area contributed by atoms with E-state index < -0.39 is 5.97 Å². The van der Waals surface area contributed by atoms with Gasteiger partial charge in [0, 0.05) is 13.1 Å². The van der Waals surface area contributed by atoms with Gasteiger partial charge in [0.15, 0.2) is 0 Å².